The molecule has 0 spiro atoms. The van der Waals surface area contributed by atoms with E-state index in [1.165, 1.54) is 0 Å². The molecular weight excluding hydrogens is 302 g/mol. The van der Waals surface area contributed by atoms with Crippen LogP contribution in [0.4, 0.5) is 0 Å². The molecule has 0 N–H and O–H groups in total. The number of hydrogen-bond acceptors (Lipinski definition) is 3. The van der Waals surface area contributed by atoms with Crippen molar-refractivity contribution in [1.29, 1.82) is 0 Å². The molecule has 0 aliphatic carbocycles. The molecule has 4 nitrogen and oxygen atoms in total. The quantitative estimate of drug-likeness (QED) is 0.644. The van der Waals surface area contributed by atoms with Gasteiger partial charge < -0.3 is 0 Å². The Labute approximate surface area is 132 Å². The fraction of sp³-hybridized carbons (Fsp3) is 0.118. The molecule has 0 saturated heterocycles. The van der Waals surface area contributed by atoms with Gasteiger partial charge in [-0.25, -0.2) is 0 Å². The van der Waals surface area contributed by atoms with Crippen molar-refractivity contribution in [2.24, 2.45) is 0 Å². The van der Waals surface area contributed by atoms with Crippen LogP contribution in [0.2, 0.25) is 0 Å². The van der Waals surface area contributed by atoms with Crippen LogP contribution >= 0.6 is 11.6 Å². The van der Waals surface area contributed by atoms with E-state index in [-0.39, 0.29) is 18.4 Å². The summed E-state index contributed by atoms with van der Waals surface area (Å²) in [5.74, 6) is -1.51. The predicted octanol–water partition coefficient (Wildman–Crippen LogP) is 2.83. The summed E-state index contributed by atoms with van der Waals surface area (Å²) in [5.41, 5.74) is 1.40. The number of imide groups is 1. The molecule has 1 heterocycles. The first-order valence-electron chi connectivity index (χ1n) is 6.79. The highest BCUT2D eigenvalue weighted by Crippen LogP contribution is 2.27. The van der Waals surface area contributed by atoms with E-state index in [4.69, 9.17) is 11.6 Å². The van der Waals surface area contributed by atoms with Crippen LogP contribution in [-0.4, -0.2) is 28.5 Å². The predicted molar refractivity (Wildman–Crippen MR) is 81.9 cm³/mol. The highest BCUT2D eigenvalue weighted by Gasteiger charge is 2.37. The van der Waals surface area contributed by atoms with Crippen LogP contribution in [0.3, 0.4) is 0 Å². The van der Waals surface area contributed by atoms with Gasteiger partial charge in [-0.1, -0.05) is 42.5 Å². The van der Waals surface area contributed by atoms with Gasteiger partial charge in [0.25, 0.3) is 11.8 Å². The lowest BCUT2D eigenvalue weighted by atomic mass is 10.00. The van der Waals surface area contributed by atoms with E-state index < -0.39 is 11.2 Å². The molecule has 0 fully saturated rings. The maximum absolute atomic E-state index is 12.3. The lowest BCUT2D eigenvalue weighted by molar-refractivity contribution is -0.113. The van der Waals surface area contributed by atoms with Gasteiger partial charge in [0.15, 0.2) is 0 Å². The van der Waals surface area contributed by atoms with E-state index in [0.29, 0.717) is 16.7 Å². The van der Waals surface area contributed by atoms with Crippen LogP contribution in [0.15, 0.2) is 54.6 Å². The molecule has 3 rings (SSSR count). The van der Waals surface area contributed by atoms with Crippen molar-refractivity contribution in [3.05, 3.63) is 71.3 Å². The summed E-state index contributed by atoms with van der Waals surface area (Å²) in [6, 6.07) is 15.5. The Balaban J connectivity index is 1.91. The van der Waals surface area contributed by atoms with Crippen LogP contribution in [0.1, 0.15) is 32.2 Å². The highest BCUT2D eigenvalue weighted by atomic mass is 35.5. The standard InChI is InChI=1S/C17H12ClNO3/c18-15(20)14(11-6-2-1-3-7-11)10-19-16(21)12-8-4-5-9-13(12)17(19)22/h1-9,14H,10H2. The summed E-state index contributed by atoms with van der Waals surface area (Å²) in [7, 11) is 0. The Morgan fingerprint density at radius 1 is 0.909 bits per heavy atom. The molecule has 0 aromatic heterocycles. The SMILES string of the molecule is O=C(Cl)C(CN1C(=O)c2ccccc2C1=O)c1ccccc1. The number of fused-ring (bicyclic) bond motifs is 1. The highest BCUT2D eigenvalue weighted by molar-refractivity contribution is 6.64. The van der Waals surface area contributed by atoms with Crippen LogP contribution < -0.4 is 0 Å². The van der Waals surface area contributed by atoms with E-state index in [0.717, 1.165) is 4.90 Å². The molecule has 1 atom stereocenters. The summed E-state index contributed by atoms with van der Waals surface area (Å²) in [6.45, 7) is -0.0569. The van der Waals surface area contributed by atoms with E-state index in [1.54, 1.807) is 48.5 Å². The van der Waals surface area contributed by atoms with Crippen molar-refractivity contribution in [2.45, 2.75) is 5.92 Å². The van der Waals surface area contributed by atoms with Gasteiger partial charge in [0.1, 0.15) is 0 Å². The molecule has 110 valence electrons. The summed E-state index contributed by atoms with van der Waals surface area (Å²) in [4.78, 5) is 37.5. The minimum Gasteiger partial charge on any atom is -0.281 e. The normalized spacial score (nSPS) is 14.9. The second kappa shape index (κ2) is 5.73. The second-order valence-electron chi connectivity index (χ2n) is 5.03. The summed E-state index contributed by atoms with van der Waals surface area (Å²) in [5, 5.41) is -0.595. The zero-order valence-corrected chi connectivity index (χ0v) is 12.3. The second-order valence-corrected chi connectivity index (χ2v) is 5.41. The molecule has 0 bridgehead atoms. The number of halogens is 1. The van der Waals surface area contributed by atoms with Crippen molar-refractivity contribution in [3.63, 3.8) is 0 Å². The zero-order valence-electron chi connectivity index (χ0n) is 11.5. The van der Waals surface area contributed by atoms with Gasteiger partial charge in [-0.2, -0.15) is 0 Å². The number of rotatable bonds is 4. The van der Waals surface area contributed by atoms with E-state index in [9.17, 15) is 14.4 Å². The Hall–Kier alpha value is -2.46. The van der Waals surface area contributed by atoms with E-state index >= 15 is 0 Å². The molecular formula is C17H12ClNO3. The topological polar surface area (TPSA) is 54.5 Å². The van der Waals surface area contributed by atoms with Crippen molar-refractivity contribution >= 4 is 28.7 Å². The molecule has 1 unspecified atom stereocenters. The molecule has 2 aromatic rings. The number of hydrogen-bond donors (Lipinski definition) is 0. The average molecular weight is 314 g/mol. The zero-order chi connectivity index (χ0) is 15.7. The van der Waals surface area contributed by atoms with Gasteiger partial charge >= 0.3 is 0 Å². The first-order valence-corrected chi connectivity index (χ1v) is 7.17. The van der Waals surface area contributed by atoms with Crippen molar-refractivity contribution < 1.29 is 14.4 Å². The largest absolute Gasteiger partial charge is 0.281 e. The third-order valence-electron chi connectivity index (χ3n) is 3.72. The van der Waals surface area contributed by atoms with Crippen LogP contribution in [0.25, 0.3) is 0 Å². The van der Waals surface area contributed by atoms with Crippen LogP contribution in [-0.2, 0) is 4.79 Å². The minimum absolute atomic E-state index is 0.0569. The van der Waals surface area contributed by atoms with Gasteiger partial charge in [-0.15, -0.1) is 0 Å². The summed E-state index contributed by atoms with van der Waals surface area (Å²) in [6.07, 6.45) is 0. The Morgan fingerprint density at radius 2 is 1.41 bits per heavy atom. The van der Waals surface area contributed by atoms with Gasteiger partial charge in [0, 0.05) is 6.54 Å². The number of carbonyl (C=O) groups excluding carboxylic acids is 3. The third-order valence-corrected chi connectivity index (χ3v) is 3.98. The Kier molecular flexibility index (Phi) is 3.77. The van der Waals surface area contributed by atoms with Gasteiger partial charge in [0.2, 0.25) is 5.24 Å². The van der Waals surface area contributed by atoms with Crippen LogP contribution in [0, 0.1) is 0 Å². The van der Waals surface area contributed by atoms with Gasteiger partial charge in [0.05, 0.1) is 17.0 Å². The maximum Gasteiger partial charge on any atom is 0.261 e. The van der Waals surface area contributed by atoms with E-state index in [2.05, 4.69) is 0 Å². The Morgan fingerprint density at radius 3 is 1.91 bits per heavy atom. The summed E-state index contributed by atoms with van der Waals surface area (Å²) < 4.78 is 0. The molecule has 1 aliphatic heterocycles. The van der Waals surface area contributed by atoms with E-state index in [1.807, 2.05) is 6.07 Å². The number of carbonyl (C=O) groups is 3. The first kappa shape index (κ1) is 14.5. The maximum atomic E-state index is 12.3. The minimum atomic E-state index is -0.731. The molecule has 0 saturated carbocycles. The molecule has 1 aliphatic rings. The molecule has 5 heteroatoms. The van der Waals surface area contributed by atoms with Crippen molar-refractivity contribution in [2.75, 3.05) is 6.54 Å². The number of benzene rings is 2. The smallest absolute Gasteiger partial charge is 0.261 e. The summed E-state index contributed by atoms with van der Waals surface area (Å²) >= 11 is 5.68. The van der Waals surface area contributed by atoms with Crippen molar-refractivity contribution in [1.82, 2.24) is 4.90 Å². The Bertz CT molecular complexity index is 723. The molecule has 2 aromatic carbocycles. The monoisotopic (exact) mass is 313 g/mol. The van der Waals surface area contributed by atoms with Gasteiger partial charge in [-0.05, 0) is 29.3 Å². The fourth-order valence-electron chi connectivity index (χ4n) is 2.58. The number of amides is 2. The molecule has 2 amide bonds. The molecule has 22 heavy (non-hydrogen) atoms. The van der Waals surface area contributed by atoms with Gasteiger partial charge in [-0.3, -0.25) is 19.3 Å². The third kappa shape index (κ3) is 2.42. The first-order chi connectivity index (χ1) is 10.6. The lowest BCUT2D eigenvalue weighted by Crippen LogP contribution is -2.35. The fourth-order valence-corrected chi connectivity index (χ4v) is 2.78. The molecule has 0 radical (unpaired) electrons. The van der Waals surface area contributed by atoms with Crippen LogP contribution in [0.5, 0.6) is 0 Å². The lowest BCUT2D eigenvalue weighted by Gasteiger charge is -2.20. The van der Waals surface area contributed by atoms with Crippen molar-refractivity contribution in [3.8, 4) is 0 Å². The number of nitrogens with zero attached hydrogens (tertiary/aromatic N) is 1. The average Bonchev–Trinajstić information content (AvgIpc) is 2.78.